The molecule has 0 aliphatic carbocycles. The summed E-state index contributed by atoms with van der Waals surface area (Å²) in [7, 11) is -5.70. The molecule has 0 unspecified atom stereocenters. The molecule has 0 fully saturated rings. The number of hydrogen-bond acceptors (Lipinski definition) is 7. The van der Waals surface area contributed by atoms with E-state index in [4.69, 9.17) is 11.6 Å². The monoisotopic (exact) mass is 554 g/mol. The molecule has 0 bridgehead atoms. The Balaban J connectivity index is 1.54. The van der Waals surface area contributed by atoms with Gasteiger partial charge in [0.1, 0.15) is 26.2 Å². The van der Waals surface area contributed by atoms with E-state index < -0.39 is 31.6 Å². The zero-order valence-electron chi connectivity index (χ0n) is 18.9. The number of aromatic nitrogens is 4. The number of aryl methyl sites for hydroxylation is 2. The van der Waals surface area contributed by atoms with E-state index in [2.05, 4.69) is 20.2 Å². The highest BCUT2D eigenvalue weighted by atomic mass is 35.5. The maximum Gasteiger partial charge on any atom is 0.274 e. The predicted molar refractivity (Wildman–Crippen MR) is 133 cm³/mol. The molecule has 1 amide bonds. The number of carbonyl (C=O) groups is 1. The van der Waals surface area contributed by atoms with Crippen LogP contribution in [-0.4, -0.2) is 54.3 Å². The van der Waals surface area contributed by atoms with E-state index in [-0.39, 0.29) is 33.6 Å². The lowest BCUT2D eigenvalue weighted by Gasteiger charge is -2.07. The maximum atomic E-state index is 13.4. The van der Waals surface area contributed by atoms with Gasteiger partial charge in [0.2, 0.25) is 0 Å². The van der Waals surface area contributed by atoms with Crippen molar-refractivity contribution in [1.82, 2.24) is 19.6 Å². The van der Waals surface area contributed by atoms with E-state index in [1.165, 1.54) is 39.8 Å². The standard InChI is InChI=1S/C21H20ClFN6O5S2/c1-28-20(21(30)25-13-4-6-18(23)17(22)9-13)16-5-3-14(10-19(16)26-28)27-36(33,34)15-11-24-29(12-15)7-8-35(2,31)32/h3-6,9-12,27H,7-8H2,1-2H3,(H,25,30). The molecule has 4 rings (SSSR count). The molecule has 2 N–H and O–H groups in total. The average Bonchev–Trinajstić information content (AvgIpc) is 3.38. The number of benzene rings is 2. The van der Waals surface area contributed by atoms with Gasteiger partial charge in [-0.3, -0.25) is 18.9 Å². The van der Waals surface area contributed by atoms with Crippen molar-refractivity contribution < 1.29 is 26.0 Å². The van der Waals surface area contributed by atoms with Crippen LogP contribution in [0.3, 0.4) is 0 Å². The molecule has 0 aliphatic heterocycles. The number of sulfonamides is 1. The number of rotatable bonds is 8. The van der Waals surface area contributed by atoms with Crippen molar-refractivity contribution in [3.05, 3.63) is 65.3 Å². The SMILES string of the molecule is Cn1nc2cc(NS(=O)(=O)c3cnn(CCS(C)(=O)=O)c3)ccc2c1C(=O)Nc1ccc(F)c(Cl)c1. The molecular weight excluding hydrogens is 535 g/mol. The number of fused-ring (bicyclic) bond motifs is 1. The molecule has 15 heteroatoms. The van der Waals surface area contributed by atoms with Gasteiger partial charge in [-0.15, -0.1) is 0 Å². The molecule has 0 saturated carbocycles. The van der Waals surface area contributed by atoms with E-state index >= 15 is 0 Å². The van der Waals surface area contributed by atoms with Gasteiger partial charge in [0, 0.05) is 30.6 Å². The molecule has 11 nitrogen and oxygen atoms in total. The van der Waals surface area contributed by atoms with Crippen LogP contribution >= 0.6 is 11.6 Å². The Hall–Kier alpha value is -3.49. The van der Waals surface area contributed by atoms with Crippen LogP contribution in [0.5, 0.6) is 0 Å². The highest BCUT2D eigenvalue weighted by Gasteiger charge is 2.20. The molecular formula is C21H20ClFN6O5S2. The molecule has 190 valence electrons. The second-order valence-electron chi connectivity index (χ2n) is 7.96. The van der Waals surface area contributed by atoms with Gasteiger partial charge >= 0.3 is 0 Å². The van der Waals surface area contributed by atoms with Crippen LogP contribution in [0.2, 0.25) is 5.02 Å². The quantitative estimate of drug-likeness (QED) is 0.340. The molecule has 0 aliphatic rings. The number of nitrogens with one attached hydrogen (secondary N) is 2. The Labute approximate surface area is 210 Å². The summed E-state index contributed by atoms with van der Waals surface area (Å²) in [6.45, 7) is 0.0171. The minimum absolute atomic E-state index is 0.0171. The van der Waals surface area contributed by atoms with Crippen molar-refractivity contribution in [2.24, 2.45) is 7.05 Å². The number of anilines is 2. The Morgan fingerprint density at radius 2 is 1.83 bits per heavy atom. The van der Waals surface area contributed by atoms with Crippen molar-refractivity contribution in [3.8, 4) is 0 Å². The third kappa shape index (κ3) is 5.66. The number of hydrogen-bond donors (Lipinski definition) is 2. The van der Waals surface area contributed by atoms with Gasteiger partial charge in [0.25, 0.3) is 15.9 Å². The second kappa shape index (κ2) is 9.52. The van der Waals surface area contributed by atoms with Gasteiger partial charge in [-0.25, -0.2) is 21.2 Å². The lowest BCUT2D eigenvalue weighted by atomic mass is 10.2. The number of sulfone groups is 1. The van der Waals surface area contributed by atoms with Gasteiger partial charge in [0.05, 0.1) is 34.7 Å². The summed E-state index contributed by atoms with van der Waals surface area (Å²) in [6.07, 6.45) is 3.43. The first kappa shape index (κ1) is 25.6. The van der Waals surface area contributed by atoms with Gasteiger partial charge in [-0.2, -0.15) is 10.2 Å². The third-order valence-corrected chi connectivity index (χ3v) is 7.64. The van der Waals surface area contributed by atoms with Gasteiger partial charge in [-0.1, -0.05) is 11.6 Å². The first-order valence-electron chi connectivity index (χ1n) is 10.3. The molecule has 2 heterocycles. The summed E-state index contributed by atoms with van der Waals surface area (Å²) >= 11 is 5.77. The minimum Gasteiger partial charge on any atom is -0.321 e. The molecule has 0 saturated heterocycles. The normalized spacial score (nSPS) is 12.1. The summed E-state index contributed by atoms with van der Waals surface area (Å²) in [6, 6.07) is 8.26. The van der Waals surface area contributed by atoms with Crippen molar-refractivity contribution in [2.45, 2.75) is 11.4 Å². The fourth-order valence-corrected chi connectivity index (χ4v) is 5.08. The molecule has 4 aromatic rings. The summed E-state index contributed by atoms with van der Waals surface area (Å²) in [5, 5.41) is 11.1. The lowest BCUT2D eigenvalue weighted by Crippen LogP contribution is -2.16. The van der Waals surface area contributed by atoms with Crippen molar-refractivity contribution in [2.75, 3.05) is 22.0 Å². The van der Waals surface area contributed by atoms with Crippen LogP contribution < -0.4 is 10.0 Å². The van der Waals surface area contributed by atoms with Crippen molar-refractivity contribution >= 4 is 59.6 Å². The summed E-state index contributed by atoms with van der Waals surface area (Å²) in [5.41, 5.74) is 1.04. The van der Waals surface area contributed by atoms with Crippen LogP contribution in [0, 0.1) is 5.82 Å². The van der Waals surface area contributed by atoms with Crippen molar-refractivity contribution in [1.29, 1.82) is 0 Å². The first-order valence-corrected chi connectivity index (χ1v) is 14.2. The Morgan fingerprint density at radius 1 is 1.11 bits per heavy atom. The fourth-order valence-electron chi connectivity index (χ4n) is 3.38. The number of halogens is 2. The number of carbonyl (C=O) groups excluding carboxylic acids is 1. The molecule has 0 spiro atoms. The van der Waals surface area contributed by atoms with Crippen LogP contribution in [0.15, 0.2) is 53.7 Å². The fraction of sp³-hybridized carbons (Fsp3) is 0.190. The molecule has 2 aromatic heterocycles. The number of nitrogens with zero attached hydrogens (tertiary/aromatic N) is 4. The van der Waals surface area contributed by atoms with Crippen LogP contribution in [0.4, 0.5) is 15.8 Å². The highest BCUT2D eigenvalue weighted by molar-refractivity contribution is 7.92. The van der Waals surface area contributed by atoms with Crippen molar-refractivity contribution in [3.63, 3.8) is 0 Å². The Kier molecular flexibility index (Phi) is 6.77. The van der Waals surface area contributed by atoms with E-state index in [0.717, 1.165) is 18.5 Å². The van der Waals surface area contributed by atoms with E-state index in [9.17, 15) is 26.0 Å². The highest BCUT2D eigenvalue weighted by Crippen LogP contribution is 2.25. The molecule has 0 atom stereocenters. The average molecular weight is 555 g/mol. The first-order chi connectivity index (χ1) is 16.8. The lowest BCUT2D eigenvalue weighted by molar-refractivity contribution is 0.101. The molecule has 0 radical (unpaired) electrons. The topological polar surface area (TPSA) is 145 Å². The largest absolute Gasteiger partial charge is 0.321 e. The third-order valence-electron chi connectivity index (χ3n) is 5.09. The van der Waals surface area contributed by atoms with E-state index in [0.29, 0.717) is 16.6 Å². The molecule has 2 aromatic carbocycles. The van der Waals surface area contributed by atoms with Gasteiger partial charge in [0.15, 0.2) is 0 Å². The van der Waals surface area contributed by atoms with Crippen LogP contribution in [0.25, 0.3) is 10.9 Å². The predicted octanol–water partition coefficient (Wildman–Crippen LogP) is 2.66. The van der Waals surface area contributed by atoms with Gasteiger partial charge < -0.3 is 5.32 Å². The van der Waals surface area contributed by atoms with E-state index in [1.54, 1.807) is 13.1 Å². The zero-order chi connectivity index (χ0) is 26.3. The number of amides is 1. The summed E-state index contributed by atoms with van der Waals surface area (Å²) in [4.78, 5) is 12.7. The van der Waals surface area contributed by atoms with Crippen LogP contribution in [0.1, 0.15) is 10.5 Å². The zero-order valence-corrected chi connectivity index (χ0v) is 21.3. The maximum absolute atomic E-state index is 13.4. The summed E-state index contributed by atoms with van der Waals surface area (Å²) < 4.78 is 66.6. The Morgan fingerprint density at radius 3 is 2.53 bits per heavy atom. The van der Waals surface area contributed by atoms with E-state index in [1.807, 2.05) is 0 Å². The second-order valence-corrected chi connectivity index (χ2v) is 12.3. The molecule has 36 heavy (non-hydrogen) atoms. The summed E-state index contributed by atoms with van der Waals surface area (Å²) in [5.74, 6) is -1.31. The van der Waals surface area contributed by atoms with Gasteiger partial charge in [-0.05, 0) is 36.4 Å². The minimum atomic E-state index is -4.02. The van der Waals surface area contributed by atoms with Crippen LogP contribution in [-0.2, 0) is 33.5 Å². The smallest absolute Gasteiger partial charge is 0.274 e. The Bertz CT molecular complexity index is 1700.